The van der Waals surface area contributed by atoms with Gasteiger partial charge in [0.1, 0.15) is 0 Å². The Balaban J connectivity index is 3.77. The van der Waals surface area contributed by atoms with E-state index in [0.29, 0.717) is 4.57 Å². The number of nitrogens with zero attached hydrogens (tertiary/aromatic N) is 3. The van der Waals surface area contributed by atoms with Gasteiger partial charge < -0.3 is 4.74 Å². The van der Waals surface area contributed by atoms with Gasteiger partial charge in [0.15, 0.2) is 4.77 Å². The molecule has 1 aromatic heterocycles. The van der Waals surface area contributed by atoms with Crippen molar-refractivity contribution in [3.8, 4) is 0 Å². The first-order chi connectivity index (χ1) is 8.98. The largest absolute Gasteiger partial charge is 0.446 e. The second-order valence-electron chi connectivity index (χ2n) is 5.68. The Morgan fingerprint density at radius 1 is 1.20 bits per heavy atom. The van der Waals surface area contributed by atoms with Crippen LogP contribution in [-0.2, 0) is 17.3 Å². The summed E-state index contributed by atoms with van der Waals surface area (Å²) in [6, 6.07) is 0. The van der Waals surface area contributed by atoms with Crippen LogP contribution < -0.4 is 11.4 Å². The van der Waals surface area contributed by atoms with Crippen LogP contribution in [0.15, 0.2) is 9.59 Å². The third-order valence-electron chi connectivity index (χ3n) is 2.53. The smallest absolute Gasteiger partial charge is 0.424 e. The number of ether oxygens (including phenoxy) is 1. The predicted octanol–water partition coefficient (Wildman–Crippen LogP) is 1.23. The van der Waals surface area contributed by atoms with E-state index >= 15 is 0 Å². The highest BCUT2D eigenvalue weighted by atomic mass is 32.1. The summed E-state index contributed by atoms with van der Waals surface area (Å²) in [5.41, 5.74) is -2.15. The van der Waals surface area contributed by atoms with Gasteiger partial charge in [-0.3, -0.25) is 4.57 Å². The minimum Gasteiger partial charge on any atom is -0.446 e. The van der Waals surface area contributed by atoms with Crippen molar-refractivity contribution in [3.05, 3.63) is 25.7 Å². The molecule has 0 amide bonds. The van der Waals surface area contributed by atoms with E-state index in [1.54, 1.807) is 34.6 Å². The second kappa shape index (κ2) is 5.35. The minimum atomic E-state index is -0.886. The van der Waals surface area contributed by atoms with E-state index in [2.05, 4.69) is 0 Å². The first-order valence-corrected chi connectivity index (χ1v) is 6.56. The first-order valence-electron chi connectivity index (χ1n) is 6.15. The van der Waals surface area contributed by atoms with Crippen LogP contribution in [-0.4, -0.2) is 25.9 Å². The molecule has 7 nitrogen and oxygen atoms in total. The fourth-order valence-electron chi connectivity index (χ4n) is 1.63. The lowest BCUT2D eigenvalue weighted by Gasteiger charge is -2.23. The lowest BCUT2D eigenvalue weighted by Crippen LogP contribution is -2.53. The maximum atomic E-state index is 12.4. The summed E-state index contributed by atoms with van der Waals surface area (Å²) in [5.74, 6) is 0. The monoisotopic (exact) mass is 301 g/mol. The molecule has 0 saturated heterocycles. The molecule has 0 N–H and O–H groups in total. The van der Waals surface area contributed by atoms with Crippen LogP contribution in [0, 0.1) is 4.77 Å². The van der Waals surface area contributed by atoms with E-state index in [1.165, 1.54) is 7.05 Å². The van der Waals surface area contributed by atoms with E-state index < -0.39 is 29.1 Å². The number of carbonyl (C=O) groups excluding carboxylic acids is 1. The topological polar surface area (TPSA) is 75.2 Å². The van der Waals surface area contributed by atoms with Crippen LogP contribution in [0.1, 0.15) is 34.6 Å². The molecule has 1 rings (SSSR count). The molecule has 0 atom stereocenters. The summed E-state index contributed by atoms with van der Waals surface area (Å²) < 4.78 is 7.55. The maximum Gasteiger partial charge on any atom is 0.424 e. The highest BCUT2D eigenvalue weighted by molar-refractivity contribution is 7.71. The molecule has 8 heteroatoms. The summed E-state index contributed by atoms with van der Waals surface area (Å²) in [6.07, 6.45) is -1.28. The van der Waals surface area contributed by atoms with Crippen molar-refractivity contribution in [2.45, 2.75) is 46.3 Å². The summed E-state index contributed by atoms with van der Waals surface area (Å²) in [4.78, 5) is 36.5. The van der Waals surface area contributed by atoms with Crippen LogP contribution >= 0.6 is 12.2 Å². The zero-order valence-electron chi connectivity index (χ0n) is 12.5. The number of rotatable bonds is 1. The lowest BCUT2D eigenvalue weighted by atomic mass is 10.1. The zero-order chi connectivity index (χ0) is 15.8. The molecule has 0 aromatic carbocycles. The molecule has 0 spiro atoms. The molecule has 0 fully saturated rings. The van der Waals surface area contributed by atoms with Gasteiger partial charge in [0.25, 0.3) is 0 Å². The van der Waals surface area contributed by atoms with Crippen LogP contribution in [0.5, 0.6) is 0 Å². The summed E-state index contributed by atoms with van der Waals surface area (Å²) in [6.45, 7) is 8.39. The van der Waals surface area contributed by atoms with Crippen LogP contribution in [0.25, 0.3) is 0 Å². The van der Waals surface area contributed by atoms with Crippen molar-refractivity contribution >= 4 is 18.3 Å². The Morgan fingerprint density at radius 2 is 1.70 bits per heavy atom. The van der Waals surface area contributed by atoms with Crippen molar-refractivity contribution in [1.82, 2.24) is 13.7 Å². The molecule has 112 valence electrons. The van der Waals surface area contributed by atoms with Crippen molar-refractivity contribution in [3.63, 3.8) is 0 Å². The first kappa shape index (κ1) is 16.4. The summed E-state index contributed by atoms with van der Waals surface area (Å²) >= 11 is 4.99. The van der Waals surface area contributed by atoms with Gasteiger partial charge in [0.05, 0.1) is 6.10 Å². The summed E-state index contributed by atoms with van der Waals surface area (Å²) in [7, 11) is 1.41. The molecule has 0 saturated carbocycles. The predicted molar refractivity (Wildman–Crippen MR) is 76.8 cm³/mol. The van der Waals surface area contributed by atoms with Crippen LogP contribution in [0.2, 0.25) is 0 Å². The molecule has 0 aliphatic rings. The Morgan fingerprint density at radius 3 is 2.10 bits per heavy atom. The van der Waals surface area contributed by atoms with Crippen molar-refractivity contribution in [2.24, 2.45) is 7.05 Å². The third kappa shape index (κ3) is 2.90. The Labute approximate surface area is 121 Å². The standard InChI is InChI=1S/C12H19N3O4S/c1-7(2)19-11(18)14-9(17)15(12(3,4)5)8(16)13(6)10(14)20/h7H,1-6H3. The number of aromatic nitrogens is 3. The van der Waals surface area contributed by atoms with Gasteiger partial charge in [0, 0.05) is 12.6 Å². The van der Waals surface area contributed by atoms with Crippen LogP contribution in [0.4, 0.5) is 4.79 Å². The molecule has 0 aliphatic carbocycles. The number of hydrogen-bond acceptors (Lipinski definition) is 5. The van der Waals surface area contributed by atoms with E-state index in [0.717, 1.165) is 9.13 Å². The van der Waals surface area contributed by atoms with Gasteiger partial charge in [-0.15, -0.1) is 0 Å². The SMILES string of the molecule is CC(C)OC(=O)n1c(=S)n(C)c(=O)n(C(C)(C)C)c1=O. The average Bonchev–Trinajstić information content (AvgIpc) is 2.23. The van der Waals surface area contributed by atoms with Crippen LogP contribution in [0.3, 0.4) is 0 Å². The Kier molecular flexibility index (Phi) is 4.38. The van der Waals surface area contributed by atoms with Gasteiger partial charge in [-0.2, -0.15) is 4.57 Å². The third-order valence-corrected chi connectivity index (χ3v) is 2.99. The van der Waals surface area contributed by atoms with E-state index in [9.17, 15) is 14.4 Å². The van der Waals surface area contributed by atoms with Crippen molar-refractivity contribution in [2.75, 3.05) is 0 Å². The lowest BCUT2D eigenvalue weighted by molar-refractivity contribution is 0.113. The average molecular weight is 301 g/mol. The molecule has 0 unspecified atom stereocenters. The number of carbonyl (C=O) groups is 1. The highest BCUT2D eigenvalue weighted by Gasteiger charge is 2.25. The van der Waals surface area contributed by atoms with Gasteiger partial charge in [-0.1, -0.05) is 0 Å². The molecular formula is C12H19N3O4S. The maximum absolute atomic E-state index is 12.4. The van der Waals surface area contributed by atoms with E-state index in [4.69, 9.17) is 17.0 Å². The van der Waals surface area contributed by atoms with Gasteiger partial charge in [-0.05, 0) is 46.8 Å². The molecule has 0 radical (unpaired) electrons. The van der Waals surface area contributed by atoms with E-state index in [1.807, 2.05) is 0 Å². The quantitative estimate of drug-likeness (QED) is 0.729. The number of hydrogen-bond donors (Lipinski definition) is 0. The molecule has 20 heavy (non-hydrogen) atoms. The Hall–Kier alpha value is -1.70. The second-order valence-corrected chi connectivity index (χ2v) is 6.05. The highest BCUT2D eigenvalue weighted by Crippen LogP contribution is 2.07. The summed E-state index contributed by atoms with van der Waals surface area (Å²) in [5, 5.41) is 0. The van der Waals surface area contributed by atoms with Gasteiger partial charge >= 0.3 is 17.5 Å². The molecular weight excluding hydrogens is 282 g/mol. The fourth-order valence-corrected chi connectivity index (χ4v) is 1.86. The molecule has 1 heterocycles. The van der Waals surface area contributed by atoms with E-state index in [-0.39, 0.29) is 4.77 Å². The molecule has 1 aromatic rings. The van der Waals surface area contributed by atoms with Gasteiger partial charge in [0.2, 0.25) is 0 Å². The normalized spacial score (nSPS) is 11.8. The molecule has 0 aliphatic heterocycles. The fraction of sp³-hybridized carbons (Fsp3) is 0.667. The minimum absolute atomic E-state index is 0.189. The zero-order valence-corrected chi connectivity index (χ0v) is 13.3. The van der Waals surface area contributed by atoms with Crippen molar-refractivity contribution in [1.29, 1.82) is 0 Å². The Bertz CT molecular complexity index is 703. The van der Waals surface area contributed by atoms with Gasteiger partial charge in [-0.25, -0.2) is 19.0 Å². The van der Waals surface area contributed by atoms with Crippen molar-refractivity contribution < 1.29 is 9.53 Å². The molecule has 0 bridgehead atoms.